The Bertz CT molecular complexity index is 463. The fourth-order valence-corrected chi connectivity index (χ4v) is 1.57. The quantitative estimate of drug-likeness (QED) is 0.747. The monoisotopic (exact) mass is 207 g/mol. The molecule has 0 atom stereocenters. The highest BCUT2D eigenvalue weighted by molar-refractivity contribution is 5.88. The summed E-state index contributed by atoms with van der Waals surface area (Å²) in [5.74, 6) is 0.503. The number of nitrogens with two attached hydrogens (primary N) is 1. The van der Waals surface area contributed by atoms with Crippen molar-refractivity contribution in [2.24, 2.45) is 0 Å². The second kappa shape index (κ2) is 3.88. The molecule has 0 radical (unpaired) electrons. The summed E-state index contributed by atoms with van der Waals surface area (Å²) in [5.41, 5.74) is 7.47. The Morgan fingerprint density at radius 2 is 2.07 bits per heavy atom. The Balaban J connectivity index is 2.46. The molecule has 3 N–H and O–H groups in total. The van der Waals surface area contributed by atoms with Crippen molar-refractivity contribution in [1.29, 1.82) is 0 Å². The van der Waals surface area contributed by atoms with Gasteiger partial charge in [-0.2, -0.15) is 5.10 Å². The van der Waals surface area contributed by atoms with Gasteiger partial charge in [-0.25, -0.2) is 0 Å². The second-order valence-electron chi connectivity index (χ2n) is 3.22. The van der Waals surface area contributed by atoms with Crippen LogP contribution >= 0.6 is 0 Å². The fourth-order valence-electron chi connectivity index (χ4n) is 1.57. The molecule has 0 unspecified atom stereocenters. The van der Waals surface area contributed by atoms with Gasteiger partial charge >= 0.3 is 0 Å². The van der Waals surface area contributed by atoms with E-state index in [-0.39, 0.29) is 6.29 Å². The molecule has 2 rings (SSSR count). The standard InChI is InChI=1S/C10H13N3O2/c1-14-10(15-2)6-3-4-7-8(5-6)12-13-9(7)11/h3-5,10H,1-2H3,(H3,11,12,13). The summed E-state index contributed by atoms with van der Waals surface area (Å²) in [4.78, 5) is 0. The topological polar surface area (TPSA) is 73.2 Å². The largest absolute Gasteiger partial charge is 0.382 e. The minimum Gasteiger partial charge on any atom is -0.382 e. The minimum atomic E-state index is -0.362. The maximum absolute atomic E-state index is 5.66. The van der Waals surface area contributed by atoms with Crippen molar-refractivity contribution in [3.05, 3.63) is 23.8 Å². The van der Waals surface area contributed by atoms with E-state index < -0.39 is 0 Å². The van der Waals surface area contributed by atoms with Crippen LogP contribution in [0.2, 0.25) is 0 Å². The molecule has 0 aliphatic heterocycles. The SMILES string of the molecule is COC(OC)c1ccc2c(N)n[nH]c2c1. The number of fused-ring (bicyclic) bond motifs is 1. The number of hydrogen-bond acceptors (Lipinski definition) is 4. The van der Waals surface area contributed by atoms with Crippen LogP contribution in [0.25, 0.3) is 10.9 Å². The highest BCUT2D eigenvalue weighted by Crippen LogP contribution is 2.24. The molecule has 1 aromatic heterocycles. The lowest BCUT2D eigenvalue weighted by atomic mass is 10.1. The van der Waals surface area contributed by atoms with Gasteiger partial charge in [-0.3, -0.25) is 5.10 Å². The maximum atomic E-state index is 5.66. The van der Waals surface area contributed by atoms with Gasteiger partial charge in [0.1, 0.15) is 0 Å². The third kappa shape index (κ3) is 1.67. The molecule has 0 aliphatic carbocycles. The van der Waals surface area contributed by atoms with Crippen LogP contribution < -0.4 is 5.73 Å². The van der Waals surface area contributed by atoms with Gasteiger partial charge in [-0.05, 0) is 12.1 Å². The fraction of sp³-hybridized carbons (Fsp3) is 0.300. The van der Waals surface area contributed by atoms with Crippen molar-refractivity contribution in [3.8, 4) is 0 Å². The summed E-state index contributed by atoms with van der Waals surface area (Å²) >= 11 is 0. The van der Waals surface area contributed by atoms with E-state index >= 15 is 0 Å². The number of rotatable bonds is 3. The number of ether oxygens (including phenoxy) is 2. The Labute approximate surface area is 87.2 Å². The predicted octanol–water partition coefficient (Wildman–Crippen LogP) is 1.44. The molecule has 2 aromatic rings. The number of benzene rings is 1. The molecule has 1 heterocycles. The highest BCUT2D eigenvalue weighted by atomic mass is 16.7. The Hall–Kier alpha value is -1.59. The predicted molar refractivity (Wildman–Crippen MR) is 57.3 cm³/mol. The molecule has 0 bridgehead atoms. The summed E-state index contributed by atoms with van der Waals surface area (Å²) in [7, 11) is 3.19. The molecule has 0 saturated heterocycles. The van der Waals surface area contributed by atoms with Gasteiger partial charge in [0.2, 0.25) is 0 Å². The van der Waals surface area contributed by atoms with Crippen LogP contribution in [-0.4, -0.2) is 24.4 Å². The van der Waals surface area contributed by atoms with Crippen LogP contribution in [0.1, 0.15) is 11.9 Å². The number of methoxy groups -OCH3 is 2. The Morgan fingerprint density at radius 1 is 1.33 bits per heavy atom. The van der Waals surface area contributed by atoms with Crippen molar-refractivity contribution >= 4 is 16.7 Å². The van der Waals surface area contributed by atoms with E-state index in [2.05, 4.69) is 10.2 Å². The Kier molecular flexibility index (Phi) is 2.57. The van der Waals surface area contributed by atoms with Gasteiger partial charge in [-0.1, -0.05) is 6.07 Å². The molecular formula is C10H13N3O2. The summed E-state index contributed by atoms with van der Waals surface area (Å²) in [5, 5.41) is 7.67. The lowest BCUT2D eigenvalue weighted by Gasteiger charge is -2.13. The van der Waals surface area contributed by atoms with Gasteiger partial charge in [0.15, 0.2) is 12.1 Å². The lowest BCUT2D eigenvalue weighted by Crippen LogP contribution is -2.03. The molecule has 0 saturated carbocycles. The van der Waals surface area contributed by atoms with Gasteiger partial charge in [0.05, 0.1) is 5.52 Å². The number of nitrogens with zero attached hydrogens (tertiary/aromatic N) is 1. The highest BCUT2D eigenvalue weighted by Gasteiger charge is 2.10. The first-order chi connectivity index (χ1) is 7.26. The van der Waals surface area contributed by atoms with Crippen molar-refractivity contribution < 1.29 is 9.47 Å². The first-order valence-electron chi connectivity index (χ1n) is 4.55. The number of anilines is 1. The third-order valence-electron chi connectivity index (χ3n) is 2.32. The summed E-state index contributed by atoms with van der Waals surface area (Å²) in [6.45, 7) is 0. The Morgan fingerprint density at radius 3 is 2.73 bits per heavy atom. The van der Waals surface area contributed by atoms with Crippen molar-refractivity contribution in [2.45, 2.75) is 6.29 Å². The lowest BCUT2D eigenvalue weighted by molar-refractivity contribution is -0.105. The van der Waals surface area contributed by atoms with Crippen LogP contribution in [0.4, 0.5) is 5.82 Å². The number of H-pyrrole nitrogens is 1. The molecular weight excluding hydrogens is 194 g/mol. The minimum absolute atomic E-state index is 0.362. The summed E-state index contributed by atoms with van der Waals surface area (Å²) in [6.07, 6.45) is -0.362. The van der Waals surface area contributed by atoms with E-state index in [4.69, 9.17) is 15.2 Å². The van der Waals surface area contributed by atoms with Crippen LogP contribution in [0.5, 0.6) is 0 Å². The van der Waals surface area contributed by atoms with Crippen LogP contribution in [0.3, 0.4) is 0 Å². The molecule has 15 heavy (non-hydrogen) atoms. The van der Waals surface area contributed by atoms with E-state index in [1.165, 1.54) is 0 Å². The second-order valence-corrected chi connectivity index (χ2v) is 3.22. The zero-order valence-corrected chi connectivity index (χ0v) is 8.65. The third-order valence-corrected chi connectivity index (χ3v) is 2.32. The molecule has 0 aliphatic rings. The number of nitrogen functional groups attached to an aromatic ring is 1. The number of nitrogens with one attached hydrogen (secondary N) is 1. The van der Waals surface area contributed by atoms with Crippen molar-refractivity contribution in [1.82, 2.24) is 10.2 Å². The van der Waals surface area contributed by atoms with Gasteiger partial charge in [0, 0.05) is 25.2 Å². The molecule has 80 valence electrons. The number of aromatic amines is 1. The van der Waals surface area contributed by atoms with E-state index in [9.17, 15) is 0 Å². The van der Waals surface area contributed by atoms with E-state index in [0.717, 1.165) is 16.5 Å². The molecule has 1 aromatic carbocycles. The van der Waals surface area contributed by atoms with Crippen molar-refractivity contribution in [3.63, 3.8) is 0 Å². The first kappa shape index (κ1) is 9.95. The zero-order valence-electron chi connectivity index (χ0n) is 8.65. The van der Waals surface area contributed by atoms with Crippen LogP contribution in [0.15, 0.2) is 18.2 Å². The van der Waals surface area contributed by atoms with Gasteiger partial charge < -0.3 is 15.2 Å². The zero-order chi connectivity index (χ0) is 10.8. The van der Waals surface area contributed by atoms with Crippen molar-refractivity contribution in [2.75, 3.05) is 20.0 Å². The molecule has 0 fully saturated rings. The number of aromatic nitrogens is 2. The van der Waals surface area contributed by atoms with Crippen LogP contribution in [0, 0.1) is 0 Å². The molecule has 5 nitrogen and oxygen atoms in total. The van der Waals surface area contributed by atoms with E-state index in [1.54, 1.807) is 14.2 Å². The maximum Gasteiger partial charge on any atom is 0.183 e. The smallest absolute Gasteiger partial charge is 0.183 e. The summed E-state index contributed by atoms with van der Waals surface area (Å²) in [6, 6.07) is 5.72. The van der Waals surface area contributed by atoms with Crippen LogP contribution in [-0.2, 0) is 9.47 Å². The molecule has 5 heteroatoms. The average molecular weight is 207 g/mol. The van der Waals surface area contributed by atoms with E-state index in [1.807, 2.05) is 18.2 Å². The first-order valence-corrected chi connectivity index (χ1v) is 4.55. The molecule has 0 amide bonds. The summed E-state index contributed by atoms with van der Waals surface area (Å²) < 4.78 is 10.3. The molecule has 0 spiro atoms. The van der Waals surface area contributed by atoms with Gasteiger partial charge in [-0.15, -0.1) is 0 Å². The van der Waals surface area contributed by atoms with Gasteiger partial charge in [0.25, 0.3) is 0 Å². The van der Waals surface area contributed by atoms with E-state index in [0.29, 0.717) is 5.82 Å². The average Bonchev–Trinajstić information content (AvgIpc) is 2.62. The number of hydrogen-bond donors (Lipinski definition) is 2. The normalized spacial score (nSPS) is 11.4.